The Morgan fingerprint density at radius 2 is 1.79 bits per heavy atom. The zero-order valence-electron chi connectivity index (χ0n) is 14.2. The fraction of sp³-hybridized carbons (Fsp3) is 0.500. The van der Waals surface area contributed by atoms with Gasteiger partial charge in [0.1, 0.15) is 5.69 Å². The van der Waals surface area contributed by atoms with Crippen molar-refractivity contribution in [2.45, 2.75) is 57.0 Å². The number of amides is 1. The van der Waals surface area contributed by atoms with Gasteiger partial charge in [0, 0.05) is 17.5 Å². The SMILES string of the molecule is COc1nc(C(=O)N(C2CCCCC2)C2CC2)cc2ccccc12. The van der Waals surface area contributed by atoms with Gasteiger partial charge in [0.05, 0.1) is 7.11 Å². The zero-order valence-corrected chi connectivity index (χ0v) is 14.2. The molecule has 0 spiro atoms. The highest BCUT2D eigenvalue weighted by Crippen LogP contribution is 2.35. The van der Waals surface area contributed by atoms with Crippen molar-refractivity contribution in [3.05, 3.63) is 36.0 Å². The van der Waals surface area contributed by atoms with Gasteiger partial charge in [0.15, 0.2) is 0 Å². The van der Waals surface area contributed by atoms with Crippen LogP contribution in [0.25, 0.3) is 10.8 Å². The molecule has 0 radical (unpaired) electrons. The van der Waals surface area contributed by atoms with Crippen LogP contribution in [0.3, 0.4) is 0 Å². The number of benzene rings is 1. The van der Waals surface area contributed by atoms with E-state index in [1.54, 1.807) is 7.11 Å². The number of carbonyl (C=O) groups is 1. The van der Waals surface area contributed by atoms with Gasteiger partial charge in [0.25, 0.3) is 5.91 Å². The van der Waals surface area contributed by atoms with E-state index in [0.717, 1.165) is 36.5 Å². The molecule has 0 N–H and O–H groups in total. The summed E-state index contributed by atoms with van der Waals surface area (Å²) in [5.74, 6) is 0.615. The van der Waals surface area contributed by atoms with E-state index in [9.17, 15) is 4.79 Å². The van der Waals surface area contributed by atoms with Gasteiger partial charge in [-0.15, -0.1) is 0 Å². The summed E-state index contributed by atoms with van der Waals surface area (Å²) in [7, 11) is 1.61. The lowest BCUT2D eigenvalue weighted by molar-refractivity contribution is 0.0607. The van der Waals surface area contributed by atoms with Crippen LogP contribution in [0.5, 0.6) is 5.88 Å². The standard InChI is InChI=1S/C20H24N2O2/c1-24-19-17-10-6-5-7-14(17)13-18(21-19)20(23)22(16-11-12-16)15-8-3-2-4-9-15/h5-7,10,13,15-16H,2-4,8-9,11-12H2,1H3. The molecule has 4 nitrogen and oxygen atoms in total. The minimum atomic E-state index is 0.0773. The molecule has 0 aliphatic heterocycles. The Morgan fingerprint density at radius 3 is 2.50 bits per heavy atom. The number of ether oxygens (including phenoxy) is 1. The first kappa shape index (κ1) is 15.4. The van der Waals surface area contributed by atoms with Crippen molar-refractivity contribution >= 4 is 16.7 Å². The molecule has 126 valence electrons. The van der Waals surface area contributed by atoms with Gasteiger partial charge in [-0.3, -0.25) is 4.79 Å². The number of hydrogen-bond donors (Lipinski definition) is 0. The highest BCUT2D eigenvalue weighted by molar-refractivity contribution is 5.98. The summed E-state index contributed by atoms with van der Waals surface area (Å²) in [5.41, 5.74) is 0.517. The Balaban J connectivity index is 1.70. The van der Waals surface area contributed by atoms with Crippen molar-refractivity contribution in [1.82, 2.24) is 9.88 Å². The van der Waals surface area contributed by atoms with Crippen molar-refractivity contribution in [2.24, 2.45) is 0 Å². The molecular formula is C20H24N2O2. The maximum absolute atomic E-state index is 13.2. The van der Waals surface area contributed by atoms with E-state index in [0.29, 0.717) is 23.7 Å². The average molecular weight is 324 g/mol. The van der Waals surface area contributed by atoms with Gasteiger partial charge in [-0.2, -0.15) is 0 Å². The highest BCUT2D eigenvalue weighted by atomic mass is 16.5. The van der Waals surface area contributed by atoms with Gasteiger partial charge in [-0.1, -0.05) is 37.5 Å². The van der Waals surface area contributed by atoms with Gasteiger partial charge in [-0.25, -0.2) is 4.98 Å². The average Bonchev–Trinajstić information content (AvgIpc) is 3.46. The van der Waals surface area contributed by atoms with E-state index in [-0.39, 0.29) is 5.91 Å². The van der Waals surface area contributed by atoms with Crippen LogP contribution in [0.1, 0.15) is 55.4 Å². The number of fused-ring (bicyclic) bond motifs is 1. The summed E-state index contributed by atoms with van der Waals surface area (Å²) >= 11 is 0. The molecular weight excluding hydrogens is 300 g/mol. The number of nitrogens with zero attached hydrogens (tertiary/aromatic N) is 2. The predicted molar refractivity (Wildman–Crippen MR) is 94.4 cm³/mol. The second-order valence-electron chi connectivity index (χ2n) is 6.97. The molecule has 4 heteroatoms. The van der Waals surface area contributed by atoms with Gasteiger partial charge >= 0.3 is 0 Å². The lowest BCUT2D eigenvalue weighted by Crippen LogP contribution is -2.43. The Kier molecular flexibility index (Phi) is 4.13. The monoisotopic (exact) mass is 324 g/mol. The Labute approximate surface area is 142 Å². The first-order valence-electron chi connectivity index (χ1n) is 9.04. The van der Waals surface area contributed by atoms with Crippen LogP contribution < -0.4 is 4.74 Å². The van der Waals surface area contributed by atoms with E-state index in [2.05, 4.69) is 9.88 Å². The molecule has 1 aromatic carbocycles. The van der Waals surface area contributed by atoms with Gasteiger partial charge in [0.2, 0.25) is 5.88 Å². The fourth-order valence-electron chi connectivity index (χ4n) is 3.91. The number of hydrogen-bond acceptors (Lipinski definition) is 3. The molecule has 2 aliphatic carbocycles. The number of carbonyl (C=O) groups excluding carboxylic acids is 1. The van der Waals surface area contributed by atoms with Gasteiger partial charge in [-0.05, 0) is 43.2 Å². The molecule has 0 unspecified atom stereocenters. The summed E-state index contributed by atoms with van der Waals surface area (Å²) in [6.45, 7) is 0. The Morgan fingerprint density at radius 1 is 1.08 bits per heavy atom. The summed E-state index contributed by atoms with van der Waals surface area (Å²) in [6, 6.07) is 10.7. The molecule has 2 saturated carbocycles. The van der Waals surface area contributed by atoms with E-state index in [1.807, 2.05) is 30.3 Å². The normalized spacial score (nSPS) is 18.5. The number of rotatable bonds is 4. The topological polar surface area (TPSA) is 42.4 Å². The summed E-state index contributed by atoms with van der Waals surface area (Å²) < 4.78 is 5.44. The first-order chi connectivity index (χ1) is 11.8. The van der Waals surface area contributed by atoms with Crippen molar-refractivity contribution in [3.63, 3.8) is 0 Å². The van der Waals surface area contributed by atoms with Crippen molar-refractivity contribution in [3.8, 4) is 5.88 Å². The third kappa shape index (κ3) is 2.85. The first-order valence-corrected chi connectivity index (χ1v) is 9.04. The second kappa shape index (κ2) is 6.42. The molecule has 1 amide bonds. The van der Waals surface area contributed by atoms with Crippen LogP contribution in [-0.4, -0.2) is 35.0 Å². The van der Waals surface area contributed by atoms with Crippen molar-refractivity contribution < 1.29 is 9.53 Å². The van der Waals surface area contributed by atoms with Crippen LogP contribution in [-0.2, 0) is 0 Å². The molecule has 4 rings (SSSR count). The van der Waals surface area contributed by atoms with E-state index in [4.69, 9.17) is 4.74 Å². The summed E-state index contributed by atoms with van der Waals surface area (Å²) in [5, 5.41) is 1.96. The Bertz CT molecular complexity index is 748. The lowest BCUT2D eigenvalue weighted by atomic mass is 9.93. The number of methoxy groups -OCH3 is 1. The zero-order chi connectivity index (χ0) is 16.5. The van der Waals surface area contributed by atoms with Crippen LogP contribution >= 0.6 is 0 Å². The molecule has 0 atom stereocenters. The third-order valence-electron chi connectivity index (χ3n) is 5.26. The minimum Gasteiger partial charge on any atom is -0.481 e. The van der Waals surface area contributed by atoms with E-state index in [1.165, 1.54) is 19.3 Å². The Hall–Kier alpha value is -2.10. The smallest absolute Gasteiger partial charge is 0.273 e. The minimum absolute atomic E-state index is 0.0773. The number of aromatic nitrogens is 1. The predicted octanol–water partition coefficient (Wildman–Crippen LogP) is 4.18. The molecule has 0 bridgehead atoms. The maximum atomic E-state index is 13.2. The third-order valence-corrected chi connectivity index (χ3v) is 5.26. The molecule has 1 heterocycles. The maximum Gasteiger partial charge on any atom is 0.273 e. The molecule has 24 heavy (non-hydrogen) atoms. The highest BCUT2D eigenvalue weighted by Gasteiger charge is 2.38. The second-order valence-corrected chi connectivity index (χ2v) is 6.97. The molecule has 2 aliphatic rings. The lowest BCUT2D eigenvalue weighted by Gasteiger charge is -2.34. The quantitative estimate of drug-likeness (QED) is 0.847. The van der Waals surface area contributed by atoms with E-state index >= 15 is 0 Å². The number of pyridine rings is 1. The van der Waals surface area contributed by atoms with Crippen molar-refractivity contribution in [2.75, 3.05) is 7.11 Å². The molecule has 2 fully saturated rings. The van der Waals surface area contributed by atoms with Crippen LogP contribution in [0.15, 0.2) is 30.3 Å². The fourth-order valence-corrected chi connectivity index (χ4v) is 3.91. The van der Waals surface area contributed by atoms with Gasteiger partial charge < -0.3 is 9.64 Å². The summed E-state index contributed by atoms with van der Waals surface area (Å²) in [4.78, 5) is 19.9. The van der Waals surface area contributed by atoms with Crippen LogP contribution in [0.2, 0.25) is 0 Å². The summed E-state index contributed by atoms with van der Waals surface area (Å²) in [6.07, 6.45) is 8.29. The van der Waals surface area contributed by atoms with Crippen LogP contribution in [0, 0.1) is 0 Å². The molecule has 2 aromatic rings. The van der Waals surface area contributed by atoms with E-state index < -0.39 is 0 Å². The van der Waals surface area contributed by atoms with Crippen molar-refractivity contribution in [1.29, 1.82) is 0 Å². The largest absolute Gasteiger partial charge is 0.481 e. The van der Waals surface area contributed by atoms with Crippen LogP contribution in [0.4, 0.5) is 0 Å². The molecule has 1 aromatic heterocycles. The molecule has 0 saturated heterocycles.